The molecule has 28 heavy (non-hydrogen) atoms. The normalized spacial score (nSPS) is 21.6. The van der Waals surface area contributed by atoms with Gasteiger partial charge in [0.1, 0.15) is 11.4 Å². The van der Waals surface area contributed by atoms with Crippen molar-refractivity contribution in [3.8, 4) is 5.75 Å². The summed E-state index contributed by atoms with van der Waals surface area (Å²) < 4.78 is 12.6. The van der Waals surface area contributed by atoms with Gasteiger partial charge in [-0.3, -0.25) is 9.69 Å². The Bertz CT molecular complexity index is 961. The van der Waals surface area contributed by atoms with Crippen LogP contribution in [0.5, 0.6) is 5.75 Å². The van der Waals surface area contributed by atoms with E-state index in [1.807, 2.05) is 53.6 Å². The molecule has 1 fully saturated rings. The summed E-state index contributed by atoms with van der Waals surface area (Å²) >= 11 is 0. The first-order chi connectivity index (χ1) is 13.7. The number of carbonyl (C=O) groups is 1. The zero-order valence-corrected chi connectivity index (χ0v) is 15.8. The minimum atomic E-state index is 0.104. The van der Waals surface area contributed by atoms with E-state index in [4.69, 9.17) is 9.15 Å². The zero-order chi connectivity index (χ0) is 19.1. The Balaban J connectivity index is 1.42. The largest absolute Gasteiger partial charge is 0.497 e. The standard InChI is InChI=1S/C22H23N3O3/c1-27-18-6-4-16(5-7-18)12-25-21-14-23(11-17-8-10-28-15-17)13-20(21)24-9-2-3-19(24)22(25)26/h2-10,15,20-21H,11-14H2,1H3/t20-,21+/m1/s1. The number of hydrogen-bond acceptors (Lipinski definition) is 4. The third-order valence-corrected chi connectivity index (χ3v) is 5.85. The second-order valence-electron chi connectivity index (χ2n) is 7.54. The van der Waals surface area contributed by atoms with Crippen LogP contribution < -0.4 is 4.74 Å². The summed E-state index contributed by atoms with van der Waals surface area (Å²) in [7, 11) is 1.66. The van der Waals surface area contributed by atoms with Crippen molar-refractivity contribution in [2.45, 2.75) is 25.2 Å². The first-order valence-electron chi connectivity index (χ1n) is 9.57. The van der Waals surface area contributed by atoms with Crippen LogP contribution in [0.1, 0.15) is 27.7 Å². The van der Waals surface area contributed by atoms with Gasteiger partial charge in [-0.05, 0) is 35.9 Å². The molecule has 6 nitrogen and oxygen atoms in total. The highest BCUT2D eigenvalue weighted by atomic mass is 16.5. The van der Waals surface area contributed by atoms with Gasteiger partial charge in [0.15, 0.2) is 0 Å². The maximum atomic E-state index is 13.2. The summed E-state index contributed by atoms with van der Waals surface area (Å²) in [5.41, 5.74) is 3.06. The van der Waals surface area contributed by atoms with Crippen molar-refractivity contribution in [1.29, 1.82) is 0 Å². The molecule has 2 aliphatic rings. The van der Waals surface area contributed by atoms with Crippen molar-refractivity contribution in [1.82, 2.24) is 14.4 Å². The molecular formula is C22H23N3O3. The van der Waals surface area contributed by atoms with E-state index in [1.54, 1.807) is 19.6 Å². The van der Waals surface area contributed by atoms with Gasteiger partial charge < -0.3 is 18.6 Å². The summed E-state index contributed by atoms with van der Waals surface area (Å²) in [6.45, 7) is 3.22. The third kappa shape index (κ3) is 2.90. The van der Waals surface area contributed by atoms with Gasteiger partial charge in [0.2, 0.25) is 0 Å². The van der Waals surface area contributed by atoms with Gasteiger partial charge in [-0.1, -0.05) is 12.1 Å². The lowest BCUT2D eigenvalue weighted by Gasteiger charge is -2.38. The van der Waals surface area contributed by atoms with Crippen molar-refractivity contribution in [2.24, 2.45) is 0 Å². The van der Waals surface area contributed by atoms with E-state index < -0.39 is 0 Å². The Morgan fingerprint density at radius 3 is 2.61 bits per heavy atom. The smallest absolute Gasteiger partial charge is 0.271 e. The number of fused-ring (bicyclic) bond motifs is 3. The summed E-state index contributed by atoms with van der Waals surface area (Å²) in [5, 5.41) is 0. The number of likely N-dealkylation sites (tertiary alicyclic amines) is 1. The van der Waals surface area contributed by atoms with Crippen LogP contribution in [0.4, 0.5) is 0 Å². The van der Waals surface area contributed by atoms with E-state index in [2.05, 4.69) is 9.47 Å². The van der Waals surface area contributed by atoms with Gasteiger partial charge in [0, 0.05) is 37.9 Å². The Hall–Kier alpha value is -2.99. The number of nitrogens with zero attached hydrogens (tertiary/aromatic N) is 3. The maximum Gasteiger partial charge on any atom is 0.271 e. The molecule has 0 bridgehead atoms. The van der Waals surface area contributed by atoms with Crippen molar-refractivity contribution in [3.05, 3.63) is 78.0 Å². The SMILES string of the molecule is COc1ccc(CN2C(=O)c3cccn3[C@@H]3CN(Cc4ccoc4)C[C@@H]32)cc1. The van der Waals surface area contributed by atoms with E-state index in [1.165, 1.54) is 5.56 Å². The molecule has 2 atom stereocenters. The number of furan rings is 1. The highest BCUT2D eigenvalue weighted by Crippen LogP contribution is 2.35. The predicted octanol–water partition coefficient (Wildman–Crippen LogP) is 3.17. The highest BCUT2D eigenvalue weighted by molar-refractivity contribution is 5.94. The quantitative estimate of drug-likeness (QED) is 0.685. The fourth-order valence-corrected chi connectivity index (χ4v) is 4.48. The zero-order valence-electron chi connectivity index (χ0n) is 15.8. The minimum Gasteiger partial charge on any atom is -0.497 e. The molecule has 0 saturated carbocycles. The second-order valence-corrected chi connectivity index (χ2v) is 7.54. The van der Waals surface area contributed by atoms with Crippen molar-refractivity contribution >= 4 is 5.91 Å². The average molecular weight is 377 g/mol. The Morgan fingerprint density at radius 2 is 1.86 bits per heavy atom. The van der Waals surface area contributed by atoms with Crippen LogP contribution in [-0.2, 0) is 13.1 Å². The lowest BCUT2D eigenvalue weighted by Crippen LogP contribution is -2.49. The molecule has 0 unspecified atom stereocenters. The van der Waals surface area contributed by atoms with Gasteiger partial charge in [0.25, 0.3) is 5.91 Å². The number of ether oxygens (including phenoxy) is 1. The number of amides is 1. The van der Waals surface area contributed by atoms with Gasteiger partial charge in [-0.2, -0.15) is 0 Å². The molecule has 144 valence electrons. The van der Waals surface area contributed by atoms with Crippen LogP contribution in [0.3, 0.4) is 0 Å². The Kier molecular flexibility index (Phi) is 4.20. The molecule has 0 spiro atoms. The van der Waals surface area contributed by atoms with Crippen LogP contribution in [0, 0.1) is 0 Å². The second kappa shape index (κ2) is 6.87. The molecule has 1 amide bonds. The van der Waals surface area contributed by atoms with Crippen LogP contribution >= 0.6 is 0 Å². The molecule has 0 radical (unpaired) electrons. The molecule has 2 aromatic heterocycles. The lowest BCUT2D eigenvalue weighted by molar-refractivity contribution is 0.0556. The highest BCUT2D eigenvalue weighted by Gasteiger charge is 2.44. The van der Waals surface area contributed by atoms with Crippen LogP contribution in [-0.4, -0.2) is 46.5 Å². The third-order valence-electron chi connectivity index (χ3n) is 5.85. The molecule has 0 N–H and O–H groups in total. The van der Waals surface area contributed by atoms with Crippen LogP contribution in [0.15, 0.2) is 65.6 Å². The molecule has 4 heterocycles. The summed E-state index contributed by atoms with van der Waals surface area (Å²) in [5.74, 6) is 0.930. The van der Waals surface area contributed by atoms with Gasteiger partial charge in [0.05, 0.1) is 31.7 Å². The van der Waals surface area contributed by atoms with Crippen LogP contribution in [0.25, 0.3) is 0 Å². The maximum absolute atomic E-state index is 13.2. The van der Waals surface area contributed by atoms with Gasteiger partial charge >= 0.3 is 0 Å². The number of carbonyl (C=O) groups excluding carboxylic acids is 1. The minimum absolute atomic E-state index is 0.104. The number of aromatic nitrogens is 1. The van der Waals surface area contributed by atoms with E-state index in [9.17, 15) is 4.79 Å². The van der Waals surface area contributed by atoms with Crippen molar-refractivity contribution in [3.63, 3.8) is 0 Å². The first-order valence-corrected chi connectivity index (χ1v) is 9.57. The monoisotopic (exact) mass is 377 g/mol. The van der Waals surface area contributed by atoms with Crippen LogP contribution in [0.2, 0.25) is 0 Å². The molecule has 1 aromatic carbocycles. The van der Waals surface area contributed by atoms with Gasteiger partial charge in [-0.25, -0.2) is 0 Å². The lowest BCUT2D eigenvalue weighted by atomic mass is 10.0. The molecule has 5 rings (SSSR count). The van der Waals surface area contributed by atoms with Gasteiger partial charge in [-0.15, -0.1) is 0 Å². The average Bonchev–Trinajstić information content (AvgIpc) is 3.46. The summed E-state index contributed by atoms with van der Waals surface area (Å²) in [6, 6.07) is 14.3. The molecule has 3 aromatic rings. The first kappa shape index (κ1) is 17.1. The van der Waals surface area contributed by atoms with E-state index >= 15 is 0 Å². The number of benzene rings is 1. The van der Waals surface area contributed by atoms with E-state index in [0.717, 1.165) is 36.6 Å². The molecule has 6 heteroatoms. The van der Waals surface area contributed by atoms with Crippen molar-refractivity contribution in [2.75, 3.05) is 20.2 Å². The van der Waals surface area contributed by atoms with Crippen molar-refractivity contribution < 1.29 is 13.9 Å². The summed E-state index contributed by atoms with van der Waals surface area (Å²) in [4.78, 5) is 17.7. The number of hydrogen-bond donors (Lipinski definition) is 0. The topological polar surface area (TPSA) is 50.9 Å². The fourth-order valence-electron chi connectivity index (χ4n) is 4.48. The molecule has 2 aliphatic heterocycles. The summed E-state index contributed by atoms with van der Waals surface area (Å²) in [6.07, 6.45) is 5.54. The number of methoxy groups -OCH3 is 1. The molecule has 0 aliphatic carbocycles. The van der Waals surface area contributed by atoms with E-state index in [0.29, 0.717) is 6.54 Å². The Labute approximate surface area is 163 Å². The fraction of sp³-hybridized carbons (Fsp3) is 0.318. The van der Waals surface area contributed by atoms with E-state index in [-0.39, 0.29) is 18.0 Å². The molecule has 1 saturated heterocycles. The Morgan fingerprint density at radius 1 is 1.04 bits per heavy atom. The predicted molar refractivity (Wildman–Crippen MR) is 104 cm³/mol. The number of rotatable bonds is 5. The molecular weight excluding hydrogens is 354 g/mol.